The van der Waals surface area contributed by atoms with Gasteiger partial charge in [-0.1, -0.05) is 0 Å². The van der Waals surface area contributed by atoms with Crippen LogP contribution in [0.25, 0.3) is 0 Å². The zero-order chi connectivity index (χ0) is 10.6. The summed E-state index contributed by atoms with van der Waals surface area (Å²) in [6.07, 6.45) is 3.86. The molecule has 1 aliphatic rings. The van der Waals surface area contributed by atoms with Crippen molar-refractivity contribution in [1.82, 2.24) is 0 Å². The molecule has 0 atom stereocenters. The summed E-state index contributed by atoms with van der Waals surface area (Å²) in [7, 11) is 0. The highest BCUT2D eigenvalue weighted by Gasteiger charge is 2.21. The van der Waals surface area contributed by atoms with Crippen molar-refractivity contribution >= 4 is 37.8 Å². The van der Waals surface area contributed by atoms with Crippen LogP contribution < -0.4 is 0 Å². The first-order chi connectivity index (χ1) is 6.65. The Hall–Kier alpha value is -0.130. The fourth-order valence-corrected chi connectivity index (χ4v) is 1.50. The van der Waals surface area contributed by atoms with Crippen LogP contribution in [0.1, 0.15) is 19.3 Å². The van der Waals surface area contributed by atoms with Crippen molar-refractivity contribution in [3.8, 4) is 0 Å². The number of halogens is 2. The maximum atomic E-state index is 11.3. The monoisotopic (exact) mass is 324 g/mol. The van der Waals surface area contributed by atoms with Gasteiger partial charge in [0.2, 0.25) is 0 Å². The second-order valence-corrected chi connectivity index (χ2v) is 5.51. The molecule has 0 saturated carbocycles. The molecule has 0 aromatic carbocycles. The Morgan fingerprint density at radius 2 is 2.14 bits per heavy atom. The van der Waals surface area contributed by atoms with E-state index in [0.29, 0.717) is 27.6 Å². The molecule has 0 unspecified atom stereocenters. The molecule has 0 aromatic rings. The normalized spacial score (nSPS) is 15.5. The topological polar surface area (TPSA) is 46.5 Å². The van der Waals surface area contributed by atoms with Gasteiger partial charge in [-0.3, -0.25) is 0 Å². The first-order valence-electron chi connectivity index (χ1n) is 4.24. The summed E-state index contributed by atoms with van der Waals surface area (Å²) in [5.41, 5.74) is 0.657. The Morgan fingerprint density at radius 1 is 1.43 bits per heavy atom. The molecule has 0 bridgehead atoms. The van der Waals surface area contributed by atoms with E-state index in [-0.39, 0.29) is 12.6 Å². The third kappa shape index (κ3) is 3.22. The van der Waals surface area contributed by atoms with Crippen molar-refractivity contribution in [2.75, 3.05) is 6.61 Å². The van der Waals surface area contributed by atoms with E-state index >= 15 is 0 Å². The summed E-state index contributed by atoms with van der Waals surface area (Å²) >= 11 is 6.35. The summed E-state index contributed by atoms with van der Waals surface area (Å²) in [4.78, 5) is 11.3. The Balaban J connectivity index is 2.56. The minimum Gasteiger partial charge on any atom is -0.421 e. The average molecular weight is 326 g/mol. The molecule has 0 aromatic heterocycles. The molecule has 0 spiro atoms. The molecule has 1 heterocycles. The van der Waals surface area contributed by atoms with Gasteiger partial charge in [0.25, 0.3) is 0 Å². The van der Waals surface area contributed by atoms with Gasteiger partial charge in [0.15, 0.2) is 5.76 Å². The molecule has 14 heavy (non-hydrogen) atoms. The van der Waals surface area contributed by atoms with Crippen LogP contribution in [0.3, 0.4) is 0 Å². The number of hydrogen-bond donors (Lipinski definition) is 1. The fourth-order valence-electron chi connectivity index (χ4n) is 1.11. The third-order valence-corrected chi connectivity index (χ3v) is 2.59. The SMILES string of the molecule is O=C1OC(=C(Br)Br)C=C1CCCCO. The maximum absolute atomic E-state index is 11.3. The van der Waals surface area contributed by atoms with Gasteiger partial charge in [-0.15, -0.1) is 0 Å². The number of aliphatic hydroxyl groups excluding tert-OH is 1. The first-order valence-corrected chi connectivity index (χ1v) is 5.82. The summed E-state index contributed by atoms with van der Waals surface area (Å²) in [5.74, 6) is 0.211. The van der Waals surface area contributed by atoms with Crippen molar-refractivity contribution < 1.29 is 14.6 Å². The average Bonchev–Trinajstić information content (AvgIpc) is 2.49. The van der Waals surface area contributed by atoms with Crippen LogP contribution in [0.15, 0.2) is 20.8 Å². The number of aliphatic hydroxyl groups is 1. The summed E-state index contributed by atoms with van der Waals surface area (Å²) in [6.45, 7) is 0.160. The molecule has 0 aliphatic carbocycles. The highest BCUT2D eigenvalue weighted by atomic mass is 79.9. The molecule has 0 saturated heterocycles. The van der Waals surface area contributed by atoms with Crippen molar-refractivity contribution in [2.24, 2.45) is 0 Å². The fraction of sp³-hybridized carbons (Fsp3) is 0.444. The van der Waals surface area contributed by atoms with Crippen LogP contribution in [-0.4, -0.2) is 17.7 Å². The number of allylic oxidation sites excluding steroid dienone is 1. The van der Waals surface area contributed by atoms with E-state index in [2.05, 4.69) is 31.9 Å². The number of carbonyl (C=O) groups excluding carboxylic acids is 1. The van der Waals surface area contributed by atoms with E-state index in [0.717, 1.165) is 6.42 Å². The Morgan fingerprint density at radius 3 is 2.64 bits per heavy atom. The maximum Gasteiger partial charge on any atom is 0.339 e. The second kappa shape index (κ2) is 5.68. The number of ether oxygens (including phenoxy) is 1. The zero-order valence-electron chi connectivity index (χ0n) is 7.43. The smallest absolute Gasteiger partial charge is 0.339 e. The van der Waals surface area contributed by atoms with Crippen LogP contribution in [-0.2, 0) is 9.53 Å². The Kier molecular flexibility index (Phi) is 4.84. The molecule has 1 rings (SSSR count). The van der Waals surface area contributed by atoms with Crippen LogP contribution in [0.4, 0.5) is 0 Å². The van der Waals surface area contributed by atoms with Gasteiger partial charge in [0, 0.05) is 12.2 Å². The molecule has 3 nitrogen and oxygen atoms in total. The van der Waals surface area contributed by atoms with Crippen molar-refractivity contribution in [3.05, 3.63) is 20.8 Å². The van der Waals surface area contributed by atoms with E-state index < -0.39 is 0 Å². The highest BCUT2D eigenvalue weighted by Crippen LogP contribution is 2.29. The van der Waals surface area contributed by atoms with Gasteiger partial charge < -0.3 is 9.84 Å². The number of carbonyl (C=O) groups is 1. The first kappa shape index (κ1) is 11.9. The van der Waals surface area contributed by atoms with Crippen molar-refractivity contribution in [3.63, 3.8) is 0 Å². The van der Waals surface area contributed by atoms with Gasteiger partial charge in [-0.05, 0) is 57.2 Å². The molecule has 1 N–H and O–H groups in total. The number of unbranched alkanes of at least 4 members (excludes halogenated alkanes) is 1. The molecular formula is C9H10Br2O3. The van der Waals surface area contributed by atoms with E-state index in [1.54, 1.807) is 6.08 Å². The minimum atomic E-state index is -0.297. The third-order valence-electron chi connectivity index (χ3n) is 1.81. The van der Waals surface area contributed by atoms with E-state index in [1.165, 1.54) is 0 Å². The molecule has 0 fully saturated rings. The molecule has 0 amide bonds. The number of rotatable bonds is 4. The molecular weight excluding hydrogens is 316 g/mol. The molecule has 1 aliphatic heterocycles. The highest BCUT2D eigenvalue weighted by molar-refractivity contribution is 9.28. The second-order valence-electron chi connectivity index (χ2n) is 2.86. The van der Waals surface area contributed by atoms with Crippen LogP contribution in [0.5, 0.6) is 0 Å². The standard InChI is InChI=1S/C9H10Br2O3/c10-8(11)7-5-6(9(13)14-7)3-1-2-4-12/h5,12H,1-4H2. The number of cyclic esters (lactones) is 1. The van der Waals surface area contributed by atoms with Gasteiger partial charge in [-0.2, -0.15) is 0 Å². The van der Waals surface area contributed by atoms with Crippen LogP contribution in [0.2, 0.25) is 0 Å². The van der Waals surface area contributed by atoms with Crippen LogP contribution >= 0.6 is 31.9 Å². The number of hydrogen-bond acceptors (Lipinski definition) is 3. The zero-order valence-corrected chi connectivity index (χ0v) is 10.6. The lowest BCUT2D eigenvalue weighted by Gasteiger charge is -1.97. The summed E-state index contributed by atoms with van der Waals surface area (Å²) in [6, 6.07) is 0. The Labute approximate surface area is 99.1 Å². The van der Waals surface area contributed by atoms with Crippen molar-refractivity contribution in [1.29, 1.82) is 0 Å². The lowest BCUT2D eigenvalue weighted by molar-refractivity contribution is -0.133. The number of esters is 1. The molecule has 5 heteroatoms. The summed E-state index contributed by atoms with van der Waals surface area (Å²) < 4.78 is 5.59. The van der Waals surface area contributed by atoms with E-state index in [1.807, 2.05) is 0 Å². The lowest BCUT2D eigenvalue weighted by Crippen LogP contribution is -1.99. The van der Waals surface area contributed by atoms with E-state index in [4.69, 9.17) is 9.84 Å². The Bertz CT molecular complexity index is 290. The van der Waals surface area contributed by atoms with E-state index in [9.17, 15) is 4.79 Å². The minimum absolute atomic E-state index is 0.160. The summed E-state index contributed by atoms with van der Waals surface area (Å²) in [5, 5.41) is 8.59. The molecule has 78 valence electrons. The van der Waals surface area contributed by atoms with Gasteiger partial charge in [-0.25, -0.2) is 4.79 Å². The van der Waals surface area contributed by atoms with Crippen molar-refractivity contribution in [2.45, 2.75) is 19.3 Å². The van der Waals surface area contributed by atoms with Gasteiger partial charge in [0.05, 0.1) is 0 Å². The predicted octanol–water partition coefficient (Wildman–Crippen LogP) is 2.59. The van der Waals surface area contributed by atoms with Crippen LogP contribution in [0, 0.1) is 0 Å². The predicted molar refractivity (Wildman–Crippen MR) is 60.0 cm³/mol. The lowest BCUT2D eigenvalue weighted by atomic mass is 10.1. The largest absolute Gasteiger partial charge is 0.421 e. The quantitative estimate of drug-likeness (QED) is 0.638. The van der Waals surface area contributed by atoms with Gasteiger partial charge >= 0.3 is 5.97 Å². The molecule has 0 radical (unpaired) electrons. The van der Waals surface area contributed by atoms with Gasteiger partial charge in [0.1, 0.15) is 3.39 Å².